The number of aromatic nitrogens is 5. The number of likely N-dealkylation sites (N-methyl/N-ethyl adjacent to an activating group) is 1. The molecule has 60 heavy (non-hydrogen) atoms. The van der Waals surface area contributed by atoms with E-state index in [1.165, 1.54) is 0 Å². The van der Waals surface area contributed by atoms with Crippen LogP contribution in [0.5, 0.6) is 11.5 Å². The van der Waals surface area contributed by atoms with Crippen LogP contribution in [0.15, 0.2) is 66.9 Å². The minimum absolute atomic E-state index is 0.0703. The van der Waals surface area contributed by atoms with Gasteiger partial charge in [0.15, 0.2) is 0 Å². The number of nitrogens with zero attached hydrogens (tertiary/aromatic N) is 7. The molecule has 12 heteroatoms. The molecule has 0 bridgehead atoms. The number of aryl methyl sites for hydroxylation is 6. The molecular formula is C48H53Cl2N7O3. The number of fused-ring (bicyclic) bond motifs is 4. The first-order chi connectivity index (χ1) is 28.7. The quantitative estimate of drug-likeness (QED) is 0.108. The van der Waals surface area contributed by atoms with Crippen molar-refractivity contribution in [2.24, 2.45) is 7.05 Å². The number of anilines is 1. The third-order valence-corrected chi connectivity index (χ3v) is 12.7. The van der Waals surface area contributed by atoms with Crippen molar-refractivity contribution in [1.82, 2.24) is 28.8 Å². The molecule has 1 aliphatic rings. The lowest BCUT2D eigenvalue weighted by Gasteiger charge is -2.35. The number of carbonyl (C=O) groups excluding carboxylic acids is 1. The zero-order valence-electron chi connectivity index (χ0n) is 36.0. The van der Waals surface area contributed by atoms with Gasteiger partial charge < -0.3 is 28.4 Å². The number of amides is 1. The summed E-state index contributed by atoms with van der Waals surface area (Å²) in [4.78, 5) is 24.5. The molecule has 7 aromatic rings. The first-order valence-electron chi connectivity index (χ1n) is 20.6. The zero-order valence-corrected chi connectivity index (χ0v) is 37.5. The number of hydrogen-bond acceptors (Lipinski definition) is 6. The Morgan fingerprint density at radius 1 is 0.883 bits per heavy atom. The van der Waals surface area contributed by atoms with Gasteiger partial charge in [0, 0.05) is 76.8 Å². The summed E-state index contributed by atoms with van der Waals surface area (Å²) in [5.74, 6) is 1.43. The Labute approximate surface area is 362 Å². The Bertz CT molecular complexity index is 2760. The van der Waals surface area contributed by atoms with E-state index in [0.29, 0.717) is 49.9 Å². The largest absolute Gasteiger partial charge is 0.494 e. The standard InChI is InChI=1S/C48H53Cl2N7O3/c1-28-22-36(23-29(2)44(28)50)59-20-11-14-38-39-15-16-40(49)43(42-32(5)52-54(9)33(42)6)46(39)57-31(4)26-56(48(58)47(38)57)41-25-37(60-21-19-53(7)8)24-34-17-18-55(45(34)41)27-35-13-10-12-30(3)51-35/h10,12-13,15-18,22-25,31H,11,14,19-21,26-27H2,1-9H3/t31-/m1/s1. The lowest BCUT2D eigenvalue weighted by atomic mass is 9.98. The van der Waals surface area contributed by atoms with Crippen LogP contribution in [0.2, 0.25) is 10.0 Å². The van der Waals surface area contributed by atoms with Crippen molar-refractivity contribution in [2.45, 2.75) is 67.0 Å². The Hall–Kier alpha value is -5.29. The molecule has 0 spiro atoms. The average Bonchev–Trinajstić information content (AvgIpc) is 3.84. The zero-order chi connectivity index (χ0) is 42.6. The summed E-state index contributed by atoms with van der Waals surface area (Å²) >= 11 is 13.7. The van der Waals surface area contributed by atoms with Crippen molar-refractivity contribution in [1.29, 1.82) is 0 Å². The third kappa shape index (κ3) is 7.65. The second kappa shape index (κ2) is 16.6. The number of hydrogen-bond donors (Lipinski definition) is 0. The molecule has 0 unspecified atom stereocenters. The Morgan fingerprint density at radius 2 is 1.62 bits per heavy atom. The Kier molecular flexibility index (Phi) is 11.5. The molecule has 0 N–H and O–H groups in total. The number of benzene rings is 3. The van der Waals surface area contributed by atoms with Crippen LogP contribution < -0.4 is 14.4 Å². The summed E-state index contributed by atoms with van der Waals surface area (Å²) in [5.41, 5.74) is 12.0. The highest BCUT2D eigenvalue weighted by molar-refractivity contribution is 6.35. The number of ether oxygens (including phenoxy) is 2. The van der Waals surface area contributed by atoms with Gasteiger partial charge in [-0.25, -0.2) is 0 Å². The molecule has 10 nitrogen and oxygen atoms in total. The van der Waals surface area contributed by atoms with E-state index in [-0.39, 0.29) is 11.9 Å². The normalized spacial score (nSPS) is 14.2. The summed E-state index contributed by atoms with van der Waals surface area (Å²) in [7, 11) is 6.02. The van der Waals surface area contributed by atoms with Gasteiger partial charge in [-0.3, -0.25) is 14.5 Å². The molecule has 0 saturated carbocycles. The first-order valence-corrected chi connectivity index (χ1v) is 21.4. The van der Waals surface area contributed by atoms with Gasteiger partial charge in [-0.05, 0) is 128 Å². The molecule has 5 heterocycles. The van der Waals surface area contributed by atoms with E-state index in [1.54, 1.807) is 0 Å². The number of carbonyl (C=O) groups is 1. The van der Waals surface area contributed by atoms with Gasteiger partial charge in [0.1, 0.15) is 23.8 Å². The van der Waals surface area contributed by atoms with Crippen LogP contribution in [-0.2, 0) is 20.0 Å². The summed E-state index contributed by atoms with van der Waals surface area (Å²) in [6.07, 6.45) is 3.38. The molecule has 4 aromatic heterocycles. The van der Waals surface area contributed by atoms with Crippen molar-refractivity contribution >= 4 is 56.6 Å². The second-order valence-electron chi connectivity index (χ2n) is 16.5. The predicted molar refractivity (Wildman–Crippen MR) is 244 cm³/mol. The summed E-state index contributed by atoms with van der Waals surface area (Å²) in [6.45, 7) is 15.0. The highest BCUT2D eigenvalue weighted by Crippen LogP contribution is 2.46. The van der Waals surface area contributed by atoms with Crippen molar-refractivity contribution in [3.8, 4) is 22.6 Å². The van der Waals surface area contributed by atoms with E-state index < -0.39 is 0 Å². The van der Waals surface area contributed by atoms with E-state index >= 15 is 4.79 Å². The average molecular weight is 847 g/mol. The van der Waals surface area contributed by atoms with Gasteiger partial charge in [0.2, 0.25) is 0 Å². The SMILES string of the molecule is Cc1cccc(Cn2ccc3cc(OCCN(C)C)cc(N4C[C@@H](C)n5c(c(CCCOc6cc(C)c(Cl)c(C)c6)c6ccc(Cl)c(-c7c(C)nn(C)c7C)c65)C4=O)c32)n1. The van der Waals surface area contributed by atoms with Crippen LogP contribution in [0.25, 0.3) is 32.9 Å². The van der Waals surface area contributed by atoms with Crippen molar-refractivity contribution in [2.75, 3.05) is 45.3 Å². The van der Waals surface area contributed by atoms with Crippen LogP contribution in [0.4, 0.5) is 5.69 Å². The maximum Gasteiger partial charge on any atom is 0.275 e. The van der Waals surface area contributed by atoms with Crippen LogP contribution in [-0.4, -0.2) is 75.1 Å². The maximum atomic E-state index is 15.6. The maximum absolute atomic E-state index is 15.6. The van der Waals surface area contributed by atoms with Crippen LogP contribution in [0.1, 0.15) is 69.3 Å². The van der Waals surface area contributed by atoms with Crippen molar-refractivity contribution in [3.63, 3.8) is 0 Å². The number of pyridine rings is 1. The second-order valence-corrected chi connectivity index (χ2v) is 17.3. The van der Waals surface area contributed by atoms with Gasteiger partial charge >= 0.3 is 0 Å². The fourth-order valence-electron chi connectivity index (χ4n) is 8.87. The van der Waals surface area contributed by atoms with Gasteiger partial charge in [0.25, 0.3) is 5.91 Å². The fraction of sp³-hybridized carbons (Fsp3) is 0.354. The fourth-order valence-corrected chi connectivity index (χ4v) is 9.22. The molecule has 0 radical (unpaired) electrons. The lowest BCUT2D eigenvalue weighted by Crippen LogP contribution is -2.43. The first kappa shape index (κ1) is 41.4. The molecule has 1 atom stereocenters. The molecule has 1 aliphatic heterocycles. The van der Waals surface area contributed by atoms with Crippen molar-refractivity contribution in [3.05, 3.63) is 122 Å². The predicted octanol–water partition coefficient (Wildman–Crippen LogP) is 10.5. The molecule has 1 amide bonds. The minimum atomic E-state index is -0.116. The molecule has 8 rings (SSSR count). The van der Waals surface area contributed by atoms with E-state index in [0.717, 1.165) is 101 Å². The molecule has 0 aliphatic carbocycles. The highest BCUT2D eigenvalue weighted by Gasteiger charge is 2.38. The third-order valence-electron chi connectivity index (χ3n) is 11.8. The van der Waals surface area contributed by atoms with Crippen LogP contribution in [0, 0.1) is 34.6 Å². The van der Waals surface area contributed by atoms with E-state index in [2.05, 4.69) is 52.3 Å². The summed E-state index contributed by atoms with van der Waals surface area (Å²) in [6, 6.07) is 20.2. The Morgan fingerprint density at radius 3 is 2.32 bits per heavy atom. The summed E-state index contributed by atoms with van der Waals surface area (Å²) in [5, 5.41) is 8.16. The highest BCUT2D eigenvalue weighted by atomic mass is 35.5. The van der Waals surface area contributed by atoms with Gasteiger partial charge in [0.05, 0.1) is 46.3 Å². The van der Waals surface area contributed by atoms with Crippen molar-refractivity contribution < 1.29 is 14.3 Å². The van der Waals surface area contributed by atoms with E-state index in [1.807, 2.05) is 101 Å². The van der Waals surface area contributed by atoms with E-state index in [4.69, 9.17) is 42.8 Å². The van der Waals surface area contributed by atoms with Gasteiger partial charge in [-0.2, -0.15) is 5.10 Å². The lowest BCUT2D eigenvalue weighted by molar-refractivity contribution is 0.0957. The summed E-state index contributed by atoms with van der Waals surface area (Å²) < 4.78 is 19.0. The monoisotopic (exact) mass is 845 g/mol. The molecule has 0 saturated heterocycles. The van der Waals surface area contributed by atoms with E-state index in [9.17, 15) is 0 Å². The topological polar surface area (TPSA) is 82.6 Å². The molecular weight excluding hydrogens is 793 g/mol. The van der Waals surface area contributed by atoms with Crippen LogP contribution >= 0.6 is 23.2 Å². The smallest absolute Gasteiger partial charge is 0.275 e. The number of halogens is 2. The molecule has 3 aromatic carbocycles. The van der Waals surface area contributed by atoms with Gasteiger partial charge in [-0.1, -0.05) is 35.3 Å². The molecule has 0 fully saturated rings. The van der Waals surface area contributed by atoms with Gasteiger partial charge in [-0.15, -0.1) is 0 Å². The molecule has 312 valence electrons. The Balaban J connectivity index is 1.27. The minimum Gasteiger partial charge on any atom is -0.494 e. The number of rotatable bonds is 13. The van der Waals surface area contributed by atoms with Crippen LogP contribution in [0.3, 0.4) is 0 Å².